The molecule has 1 spiro atoms. The van der Waals surface area contributed by atoms with Crippen LogP contribution in [0.5, 0.6) is 0 Å². The lowest BCUT2D eigenvalue weighted by molar-refractivity contribution is -0.137. The molecular weight excluding hydrogens is 350 g/mol. The molecule has 2 saturated heterocycles. The predicted molar refractivity (Wildman–Crippen MR) is 109 cm³/mol. The third-order valence-corrected chi connectivity index (χ3v) is 6.32. The first-order valence-corrected chi connectivity index (χ1v) is 10.0. The molecule has 3 heterocycles. The smallest absolute Gasteiger partial charge is 0.253 e. The van der Waals surface area contributed by atoms with Gasteiger partial charge in [0.2, 0.25) is 5.91 Å². The van der Waals surface area contributed by atoms with E-state index in [0.29, 0.717) is 6.42 Å². The Kier molecular flexibility index (Phi) is 4.92. The van der Waals surface area contributed by atoms with Gasteiger partial charge >= 0.3 is 0 Å². The number of piperidine rings is 2. The van der Waals surface area contributed by atoms with Crippen LogP contribution in [0.4, 0.5) is 0 Å². The fourth-order valence-corrected chi connectivity index (χ4v) is 4.49. The Morgan fingerprint density at radius 1 is 1.07 bits per heavy atom. The second-order valence-electron chi connectivity index (χ2n) is 8.34. The number of nitrogens with zero attached hydrogens (tertiary/aromatic N) is 3. The van der Waals surface area contributed by atoms with Gasteiger partial charge in [0.15, 0.2) is 0 Å². The molecule has 1 aromatic carbocycles. The first kappa shape index (κ1) is 18.7. The first-order chi connectivity index (χ1) is 13.5. The first-order valence-electron chi connectivity index (χ1n) is 10.0. The molecule has 146 valence electrons. The van der Waals surface area contributed by atoms with Crippen molar-refractivity contribution in [2.75, 3.05) is 26.7 Å². The molecule has 2 fully saturated rings. The summed E-state index contributed by atoms with van der Waals surface area (Å²) < 4.78 is 0. The van der Waals surface area contributed by atoms with Crippen molar-refractivity contribution >= 4 is 11.8 Å². The van der Waals surface area contributed by atoms with Gasteiger partial charge in [-0.15, -0.1) is 0 Å². The van der Waals surface area contributed by atoms with Crippen LogP contribution in [0.2, 0.25) is 0 Å². The Hall–Kier alpha value is -2.69. The number of carbonyl (C=O) groups excluding carboxylic acids is 2. The lowest BCUT2D eigenvalue weighted by Gasteiger charge is -2.46. The quantitative estimate of drug-likeness (QED) is 0.804. The van der Waals surface area contributed by atoms with Crippen molar-refractivity contribution in [1.82, 2.24) is 14.8 Å². The zero-order valence-electron chi connectivity index (χ0n) is 16.6. The summed E-state index contributed by atoms with van der Waals surface area (Å²) >= 11 is 0. The summed E-state index contributed by atoms with van der Waals surface area (Å²) in [5.41, 5.74) is 4.04. The van der Waals surface area contributed by atoms with Gasteiger partial charge in [-0.25, -0.2) is 0 Å². The highest BCUT2D eigenvalue weighted by Crippen LogP contribution is 2.40. The number of amides is 2. The van der Waals surface area contributed by atoms with Crippen LogP contribution in [0.1, 0.15) is 41.6 Å². The van der Waals surface area contributed by atoms with Gasteiger partial charge in [-0.2, -0.15) is 0 Å². The average Bonchev–Trinajstić information content (AvgIpc) is 2.71. The minimum Gasteiger partial charge on any atom is -0.345 e. The Bertz CT molecular complexity index is 883. The van der Waals surface area contributed by atoms with Crippen molar-refractivity contribution < 1.29 is 9.59 Å². The topological polar surface area (TPSA) is 53.5 Å². The lowest BCUT2D eigenvalue weighted by Crippen LogP contribution is -2.51. The summed E-state index contributed by atoms with van der Waals surface area (Å²) in [5, 5.41) is 0. The lowest BCUT2D eigenvalue weighted by atomic mass is 9.72. The van der Waals surface area contributed by atoms with Crippen molar-refractivity contribution in [1.29, 1.82) is 0 Å². The molecule has 1 aromatic heterocycles. The zero-order valence-corrected chi connectivity index (χ0v) is 16.6. The summed E-state index contributed by atoms with van der Waals surface area (Å²) in [4.78, 5) is 32.9. The molecule has 5 nitrogen and oxygen atoms in total. The number of likely N-dealkylation sites (tertiary alicyclic amines) is 2. The number of hydrogen-bond donors (Lipinski definition) is 0. The van der Waals surface area contributed by atoms with E-state index in [1.165, 1.54) is 5.56 Å². The highest BCUT2D eigenvalue weighted by atomic mass is 16.2. The van der Waals surface area contributed by atoms with Crippen molar-refractivity contribution in [3.05, 3.63) is 53.7 Å². The molecule has 4 rings (SSSR count). The molecular formula is C23H27N3O2. The van der Waals surface area contributed by atoms with E-state index in [2.05, 4.69) is 4.98 Å². The van der Waals surface area contributed by atoms with Crippen LogP contribution in [0.3, 0.4) is 0 Å². The molecule has 5 heteroatoms. The highest BCUT2D eigenvalue weighted by Gasteiger charge is 2.40. The van der Waals surface area contributed by atoms with Crippen LogP contribution >= 0.6 is 0 Å². The molecule has 28 heavy (non-hydrogen) atoms. The molecule has 0 saturated carbocycles. The third kappa shape index (κ3) is 3.66. The second kappa shape index (κ2) is 7.38. The summed E-state index contributed by atoms with van der Waals surface area (Å²) in [7, 11) is 1.89. The van der Waals surface area contributed by atoms with Crippen molar-refractivity contribution in [3.8, 4) is 11.3 Å². The minimum atomic E-state index is 0.0961. The maximum absolute atomic E-state index is 12.9. The van der Waals surface area contributed by atoms with Crippen LogP contribution in [-0.2, 0) is 4.79 Å². The zero-order chi connectivity index (χ0) is 19.7. The van der Waals surface area contributed by atoms with Gasteiger partial charge in [0.25, 0.3) is 5.91 Å². The normalized spacial score (nSPS) is 19.1. The number of hydrogen-bond acceptors (Lipinski definition) is 3. The molecule has 0 atom stereocenters. The standard InChI is InChI=1S/C23H27N3O2/c1-17-8-12-24-20(15-17)18-3-5-19(6-4-18)22(28)26-13-10-23(11-14-26)9-7-21(27)25(2)16-23/h3-6,8,12,15H,7,9-11,13-14,16H2,1-2H3. The molecule has 0 bridgehead atoms. The molecule has 2 aliphatic heterocycles. The van der Waals surface area contributed by atoms with Crippen molar-refractivity contribution in [3.63, 3.8) is 0 Å². The highest BCUT2D eigenvalue weighted by molar-refractivity contribution is 5.94. The van der Waals surface area contributed by atoms with E-state index in [1.54, 1.807) is 0 Å². The maximum atomic E-state index is 12.9. The van der Waals surface area contributed by atoms with E-state index in [4.69, 9.17) is 0 Å². The van der Waals surface area contributed by atoms with Gasteiger partial charge in [0.1, 0.15) is 0 Å². The monoisotopic (exact) mass is 377 g/mol. The van der Waals surface area contributed by atoms with Crippen LogP contribution in [0.15, 0.2) is 42.6 Å². The Balaban J connectivity index is 1.41. The largest absolute Gasteiger partial charge is 0.345 e. The van der Waals surface area contributed by atoms with Crippen molar-refractivity contribution in [2.45, 2.75) is 32.6 Å². The van der Waals surface area contributed by atoms with Gasteiger partial charge < -0.3 is 9.80 Å². The minimum absolute atomic E-state index is 0.0961. The fraction of sp³-hybridized carbons (Fsp3) is 0.435. The van der Waals surface area contributed by atoms with Crippen LogP contribution in [0.25, 0.3) is 11.3 Å². The van der Waals surface area contributed by atoms with Gasteiger partial charge in [0, 0.05) is 50.4 Å². The third-order valence-electron chi connectivity index (χ3n) is 6.32. The summed E-state index contributed by atoms with van der Waals surface area (Å²) in [6.45, 7) is 4.41. The molecule has 2 amide bonds. The summed E-state index contributed by atoms with van der Waals surface area (Å²) in [6.07, 6.45) is 5.35. The van der Waals surface area contributed by atoms with E-state index in [9.17, 15) is 9.59 Å². The molecule has 0 unspecified atom stereocenters. The number of rotatable bonds is 2. The number of aromatic nitrogens is 1. The Labute approximate surface area is 166 Å². The molecule has 0 radical (unpaired) electrons. The number of aryl methyl sites for hydroxylation is 1. The van der Waals surface area contributed by atoms with E-state index < -0.39 is 0 Å². The van der Waals surface area contributed by atoms with E-state index in [0.717, 1.165) is 55.7 Å². The SMILES string of the molecule is Cc1ccnc(-c2ccc(C(=O)N3CCC4(CCC(=O)N(C)C4)CC3)cc2)c1. The van der Waals surface area contributed by atoms with Gasteiger partial charge in [-0.05, 0) is 61.4 Å². The predicted octanol–water partition coefficient (Wildman–Crippen LogP) is 3.53. The Morgan fingerprint density at radius 2 is 1.79 bits per heavy atom. The molecule has 2 aromatic rings. The van der Waals surface area contributed by atoms with Crippen LogP contribution < -0.4 is 0 Å². The second-order valence-corrected chi connectivity index (χ2v) is 8.34. The molecule has 0 N–H and O–H groups in total. The van der Waals surface area contributed by atoms with Crippen LogP contribution in [0, 0.1) is 12.3 Å². The van der Waals surface area contributed by atoms with E-state index >= 15 is 0 Å². The van der Waals surface area contributed by atoms with Gasteiger partial charge in [-0.3, -0.25) is 14.6 Å². The molecule has 2 aliphatic rings. The van der Waals surface area contributed by atoms with E-state index in [-0.39, 0.29) is 17.2 Å². The fourth-order valence-electron chi connectivity index (χ4n) is 4.49. The average molecular weight is 377 g/mol. The summed E-state index contributed by atoms with van der Waals surface area (Å²) in [5.74, 6) is 0.339. The van der Waals surface area contributed by atoms with E-state index in [1.807, 2.05) is 66.4 Å². The van der Waals surface area contributed by atoms with Crippen LogP contribution in [-0.4, -0.2) is 53.3 Å². The van der Waals surface area contributed by atoms with Gasteiger partial charge in [0.05, 0.1) is 5.69 Å². The summed E-state index contributed by atoms with van der Waals surface area (Å²) in [6, 6.07) is 11.8. The number of pyridine rings is 1. The number of benzene rings is 1. The molecule has 0 aliphatic carbocycles. The van der Waals surface area contributed by atoms with Gasteiger partial charge in [-0.1, -0.05) is 12.1 Å². The number of carbonyl (C=O) groups is 2. The Morgan fingerprint density at radius 3 is 2.43 bits per heavy atom. The van der Waals surface area contributed by atoms with Crippen molar-refractivity contribution in [2.24, 2.45) is 5.41 Å². The maximum Gasteiger partial charge on any atom is 0.253 e.